The first-order chi connectivity index (χ1) is 9.78. The molecule has 1 aromatic carbocycles. The molecule has 20 heavy (non-hydrogen) atoms. The van der Waals surface area contributed by atoms with Crippen LogP contribution in [-0.2, 0) is 13.0 Å². The number of hydrogen-bond acceptors (Lipinski definition) is 3. The van der Waals surface area contributed by atoms with E-state index >= 15 is 0 Å². The fraction of sp³-hybridized carbons (Fsp3) is 0.562. The quantitative estimate of drug-likeness (QED) is 0.932. The summed E-state index contributed by atoms with van der Waals surface area (Å²) in [4.78, 5) is 11.8. The number of nitrogens with zero attached hydrogens (tertiary/aromatic N) is 1. The molecule has 0 radical (unpaired) electrons. The first kappa shape index (κ1) is 13.4. The Morgan fingerprint density at radius 1 is 1.45 bits per heavy atom. The van der Waals surface area contributed by atoms with Crippen LogP contribution >= 0.6 is 0 Å². The van der Waals surface area contributed by atoms with Crippen molar-refractivity contribution in [2.24, 2.45) is 5.92 Å². The van der Waals surface area contributed by atoms with Gasteiger partial charge in [0.25, 0.3) is 0 Å². The van der Waals surface area contributed by atoms with Crippen LogP contribution in [0.3, 0.4) is 0 Å². The van der Waals surface area contributed by atoms with Crippen molar-refractivity contribution in [3.63, 3.8) is 0 Å². The highest BCUT2D eigenvalue weighted by molar-refractivity contribution is 5.73. The van der Waals surface area contributed by atoms with Gasteiger partial charge in [0.2, 0.25) is 0 Å². The molecule has 1 aliphatic rings. The average molecular weight is 274 g/mol. The van der Waals surface area contributed by atoms with Gasteiger partial charge in [-0.3, -0.25) is 4.57 Å². The molecule has 1 N–H and O–H groups in total. The second kappa shape index (κ2) is 5.83. The molecule has 2 aromatic rings. The molecule has 1 fully saturated rings. The predicted molar refractivity (Wildman–Crippen MR) is 80.1 cm³/mol. The molecule has 0 saturated carbocycles. The van der Waals surface area contributed by atoms with E-state index in [-0.39, 0.29) is 5.76 Å². The largest absolute Gasteiger partial charge is 0.419 e. The van der Waals surface area contributed by atoms with Crippen LogP contribution in [0.15, 0.2) is 27.4 Å². The lowest BCUT2D eigenvalue weighted by molar-refractivity contribution is 0.376. The molecule has 0 amide bonds. The molecule has 1 atom stereocenters. The number of oxazole rings is 1. The first-order valence-electron chi connectivity index (χ1n) is 7.61. The standard InChI is InChI=1S/C16H22N2O2/c1-2-8-18-14-6-5-12(10-15(14)20-16(18)19)9-13-4-3-7-17-11-13/h5-6,10,13,17H,2-4,7-9,11H2,1H3. The van der Waals surface area contributed by atoms with Crippen LogP contribution in [0.1, 0.15) is 31.7 Å². The molecule has 1 unspecified atom stereocenters. The highest BCUT2D eigenvalue weighted by Gasteiger charge is 2.15. The molecule has 1 aromatic heterocycles. The van der Waals surface area contributed by atoms with Crippen LogP contribution in [-0.4, -0.2) is 17.7 Å². The van der Waals surface area contributed by atoms with Gasteiger partial charge in [-0.05, 0) is 62.4 Å². The monoisotopic (exact) mass is 274 g/mol. The zero-order valence-corrected chi connectivity index (χ0v) is 12.0. The summed E-state index contributed by atoms with van der Waals surface area (Å²) in [5, 5.41) is 3.44. The molecule has 0 spiro atoms. The van der Waals surface area contributed by atoms with E-state index < -0.39 is 0 Å². The Kier molecular flexibility index (Phi) is 3.92. The van der Waals surface area contributed by atoms with Crippen molar-refractivity contribution in [3.8, 4) is 0 Å². The molecular weight excluding hydrogens is 252 g/mol. The van der Waals surface area contributed by atoms with Gasteiger partial charge in [0, 0.05) is 6.54 Å². The maximum absolute atomic E-state index is 11.8. The smallest absolute Gasteiger partial charge is 0.408 e. The van der Waals surface area contributed by atoms with Crippen molar-refractivity contribution >= 4 is 11.1 Å². The van der Waals surface area contributed by atoms with Crippen LogP contribution < -0.4 is 11.1 Å². The summed E-state index contributed by atoms with van der Waals surface area (Å²) in [5.41, 5.74) is 2.91. The lowest BCUT2D eigenvalue weighted by Crippen LogP contribution is -2.30. The van der Waals surface area contributed by atoms with Crippen LogP contribution in [0.25, 0.3) is 11.1 Å². The Labute approximate surface area is 118 Å². The van der Waals surface area contributed by atoms with Gasteiger partial charge in [-0.2, -0.15) is 0 Å². The number of benzene rings is 1. The number of aromatic nitrogens is 1. The van der Waals surface area contributed by atoms with Gasteiger partial charge in [0.15, 0.2) is 5.58 Å². The molecule has 4 heteroatoms. The summed E-state index contributed by atoms with van der Waals surface area (Å²) in [7, 11) is 0. The summed E-state index contributed by atoms with van der Waals surface area (Å²) >= 11 is 0. The summed E-state index contributed by atoms with van der Waals surface area (Å²) in [6, 6.07) is 6.21. The predicted octanol–water partition coefficient (Wildman–Crippen LogP) is 2.55. The number of piperidine rings is 1. The molecule has 1 aliphatic heterocycles. The van der Waals surface area contributed by atoms with Crippen molar-refractivity contribution in [2.75, 3.05) is 13.1 Å². The Balaban J connectivity index is 1.85. The minimum atomic E-state index is -0.238. The van der Waals surface area contributed by atoms with Crippen molar-refractivity contribution in [2.45, 2.75) is 39.2 Å². The van der Waals surface area contributed by atoms with E-state index in [1.165, 1.54) is 18.4 Å². The fourth-order valence-electron chi connectivity index (χ4n) is 3.10. The van der Waals surface area contributed by atoms with E-state index in [0.29, 0.717) is 5.92 Å². The lowest BCUT2D eigenvalue weighted by atomic mass is 9.92. The van der Waals surface area contributed by atoms with Gasteiger partial charge in [-0.1, -0.05) is 13.0 Å². The Morgan fingerprint density at radius 2 is 2.35 bits per heavy atom. The molecular formula is C16H22N2O2. The SMILES string of the molecule is CCCn1c(=O)oc2cc(CC3CCCNC3)ccc21. The fourth-order valence-corrected chi connectivity index (χ4v) is 3.10. The first-order valence-corrected chi connectivity index (χ1v) is 7.61. The Hall–Kier alpha value is -1.55. The molecule has 3 rings (SSSR count). The second-order valence-electron chi connectivity index (χ2n) is 5.74. The summed E-state index contributed by atoms with van der Waals surface area (Å²) < 4.78 is 7.10. The third-order valence-electron chi connectivity index (χ3n) is 4.10. The van der Waals surface area contributed by atoms with Gasteiger partial charge in [0.05, 0.1) is 5.52 Å². The van der Waals surface area contributed by atoms with Gasteiger partial charge >= 0.3 is 5.76 Å². The molecule has 1 saturated heterocycles. The van der Waals surface area contributed by atoms with Crippen LogP contribution in [0.4, 0.5) is 0 Å². The summed E-state index contributed by atoms with van der Waals surface area (Å²) in [5.74, 6) is 0.462. The maximum atomic E-state index is 11.8. The highest BCUT2D eigenvalue weighted by Crippen LogP contribution is 2.20. The third kappa shape index (κ3) is 2.66. The molecule has 2 heterocycles. The zero-order chi connectivity index (χ0) is 13.9. The van der Waals surface area contributed by atoms with Crippen molar-refractivity contribution in [1.82, 2.24) is 9.88 Å². The van der Waals surface area contributed by atoms with E-state index in [9.17, 15) is 4.79 Å². The van der Waals surface area contributed by atoms with Gasteiger partial charge in [0.1, 0.15) is 0 Å². The van der Waals surface area contributed by atoms with Crippen LogP contribution in [0.2, 0.25) is 0 Å². The number of fused-ring (bicyclic) bond motifs is 1. The average Bonchev–Trinajstić information content (AvgIpc) is 2.76. The van der Waals surface area contributed by atoms with Gasteiger partial charge in [-0.15, -0.1) is 0 Å². The number of nitrogens with one attached hydrogen (secondary N) is 1. The topological polar surface area (TPSA) is 47.2 Å². The van der Waals surface area contributed by atoms with Crippen LogP contribution in [0, 0.1) is 5.92 Å². The number of rotatable bonds is 4. The van der Waals surface area contributed by atoms with Crippen LogP contribution in [0.5, 0.6) is 0 Å². The van der Waals surface area contributed by atoms with E-state index in [1.54, 1.807) is 4.57 Å². The number of aryl methyl sites for hydroxylation is 1. The zero-order valence-electron chi connectivity index (χ0n) is 12.0. The Bertz CT molecular complexity index is 635. The van der Waals surface area contributed by atoms with Gasteiger partial charge in [-0.25, -0.2) is 4.79 Å². The lowest BCUT2D eigenvalue weighted by Gasteiger charge is -2.22. The third-order valence-corrected chi connectivity index (χ3v) is 4.10. The number of hydrogen-bond donors (Lipinski definition) is 1. The molecule has 0 aliphatic carbocycles. The second-order valence-corrected chi connectivity index (χ2v) is 5.74. The molecule has 4 nitrogen and oxygen atoms in total. The van der Waals surface area contributed by atoms with Crippen molar-refractivity contribution in [3.05, 3.63) is 34.3 Å². The van der Waals surface area contributed by atoms with Gasteiger partial charge < -0.3 is 9.73 Å². The normalized spacial score (nSPS) is 19.6. The van der Waals surface area contributed by atoms with E-state index in [1.807, 2.05) is 12.1 Å². The minimum absolute atomic E-state index is 0.238. The van der Waals surface area contributed by atoms with E-state index in [2.05, 4.69) is 18.3 Å². The molecule has 108 valence electrons. The Morgan fingerprint density at radius 3 is 3.10 bits per heavy atom. The van der Waals surface area contributed by atoms with Crippen molar-refractivity contribution in [1.29, 1.82) is 0 Å². The van der Waals surface area contributed by atoms with E-state index in [4.69, 9.17) is 4.42 Å². The van der Waals surface area contributed by atoms with E-state index in [0.717, 1.165) is 43.6 Å². The maximum Gasteiger partial charge on any atom is 0.419 e. The minimum Gasteiger partial charge on any atom is -0.408 e. The van der Waals surface area contributed by atoms with Crippen molar-refractivity contribution < 1.29 is 4.42 Å². The highest BCUT2D eigenvalue weighted by atomic mass is 16.4. The molecule has 0 bridgehead atoms. The summed E-state index contributed by atoms with van der Waals surface area (Å²) in [6.07, 6.45) is 4.54. The summed E-state index contributed by atoms with van der Waals surface area (Å²) in [6.45, 7) is 5.02.